The smallest absolute Gasteiger partial charge is 0.233 e. The van der Waals surface area contributed by atoms with Gasteiger partial charge in [-0.25, -0.2) is 4.68 Å². The van der Waals surface area contributed by atoms with Crippen LogP contribution in [-0.4, -0.2) is 43.8 Å². The lowest BCUT2D eigenvalue weighted by Crippen LogP contribution is -2.27. The topological polar surface area (TPSA) is 90.2 Å². The number of aryl methyl sites for hydroxylation is 1. The number of tetrazole rings is 1. The highest BCUT2D eigenvalue weighted by atomic mass is 32.2. The highest BCUT2D eigenvalue weighted by molar-refractivity contribution is 7.99. The summed E-state index contributed by atoms with van der Waals surface area (Å²) in [7, 11) is 1.74. The van der Waals surface area contributed by atoms with Gasteiger partial charge in [-0.1, -0.05) is 11.8 Å². The molecule has 3 aromatic heterocycles. The van der Waals surface area contributed by atoms with Gasteiger partial charge < -0.3 is 13.7 Å². The molecule has 0 aromatic carbocycles. The van der Waals surface area contributed by atoms with Gasteiger partial charge in [-0.3, -0.25) is 4.79 Å². The minimum Gasteiger partial charge on any atom is -0.467 e. The predicted octanol–water partition coefficient (Wildman–Crippen LogP) is 1.97. The lowest BCUT2D eigenvalue weighted by molar-refractivity contribution is -0.127. The summed E-state index contributed by atoms with van der Waals surface area (Å²) in [6.45, 7) is 2.74. The maximum atomic E-state index is 12.2. The van der Waals surface area contributed by atoms with E-state index in [9.17, 15) is 4.79 Å². The van der Waals surface area contributed by atoms with Gasteiger partial charge in [0.05, 0.1) is 18.6 Å². The van der Waals surface area contributed by atoms with Crippen LogP contribution in [0, 0.1) is 6.92 Å². The quantitative estimate of drug-likeness (QED) is 0.603. The Morgan fingerprint density at radius 3 is 2.92 bits per heavy atom. The first-order valence-corrected chi connectivity index (χ1v) is 8.31. The second-order valence-corrected chi connectivity index (χ2v) is 6.19. The first-order valence-electron chi connectivity index (χ1n) is 7.32. The average Bonchev–Trinajstić information content (AvgIpc) is 3.29. The van der Waals surface area contributed by atoms with Gasteiger partial charge >= 0.3 is 0 Å². The number of furan rings is 2. The van der Waals surface area contributed by atoms with E-state index in [1.165, 1.54) is 11.8 Å². The van der Waals surface area contributed by atoms with Gasteiger partial charge in [0, 0.05) is 7.05 Å². The number of amides is 1. The second kappa shape index (κ2) is 7.35. The fourth-order valence-corrected chi connectivity index (χ4v) is 2.90. The van der Waals surface area contributed by atoms with E-state index in [-0.39, 0.29) is 11.7 Å². The molecule has 0 N–H and O–H groups in total. The fourth-order valence-electron chi connectivity index (χ4n) is 2.08. The summed E-state index contributed by atoms with van der Waals surface area (Å²) in [5.41, 5.74) is 0. The molecule has 0 bridgehead atoms. The maximum Gasteiger partial charge on any atom is 0.233 e. The van der Waals surface area contributed by atoms with Gasteiger partial charge in [0.25, 0.3) is 0 Å². The maximum absolute atomic E-state index is 12.2. The molecule has 0 aliphatic heterocycles. The Balaban J connectivity index is 1.53. The van der Waals surface area contributed by atoms with Crippen molar-refractivity contribution in [2.75, 3.05) is 12.8 Å². The Morgan fingerprint density at radius 2 is 2.21 bits per heavy atom. The van der Waals surface area contributed by atoms with Crippen molar-refractivity contribution in [2.45, 2.75) is 25.2 Å². The molecule has 0 unspecified atom stereocenters. The monoisotopic (exact) mass is 347 g/mol. The Labute approximate surface area is 142 Å². The van der Waals surface area contributed by atoms with Gasteiger partial charge in [0.2, 0.25) is 11.1 Å². The van der Waals surface area contributed by atoms with Crippen LogP contribution in [0.5, 0.6) is 0 Å². The van der Waals surface area contributed by atoms with Crippen molar-refractivity contribution >= 4 is 17.7 Å². The fraction of sp³-hybridized carbons (Fsp3) is 0.333. The number of hydrogen-bond donors (Lipinski definition) is 0. The van der Waals surface area contributed by atoms with Crippen molar-refractivity contribution in [2.24, 2.45) is 0 Å². The van der Waals surface area contributed by atoms with E-state index in [0.717, 1.165) is 17.3 Å². The van der Waals surface area contributed by atoms with E-state index >= 15 is 0 Å². The van der Waals surface area contributed by atoms with Gasteiger partial charge in [0.15, 0.2) is 0 Å². The van der Waals surface area contributed by atoms with E-state index in [1.807, 2.05) is 25.1 Å². The largest absolute Gasteiger partial charge is 0.467 e. The lowest BCUT2D eigenvalue weighted by Gasteiger charge is -2.15. The van der Waals surface area contributed by atoms with E-state index < -0.39 is 0 Å². The Morgan fingerprint density at radius 1 is 1.33 bits per heavy atom. The second-order valence-electron chi connectivity index (χ2n) is 5.25. The summed E-state index contributed by atoms with van der Waals surface area (Å²) in [5, 5.41) is 12.1. The van der Waals surface area contributed by atoms with Crippen molar-refractivity contribution in [3.8, 4) is 0 Å². The Kier molecular flexibility index (Phi) is 4.99. The highest BCUT2D eigenvalue weighted by Gasteiger charge is 2.15. The van der Waals surface area contributed by atoms with Gasteiger partial charge in [-0.15, -0.1) is 5.10 Å². The van der Waals surface area contributed by atoms with Crippen LogP contribution in [0.25, 0.3) is 0 Å². The molecule has 1 amide bonds. The summed E-state index contributed by atoms with van der Waals surface area (Å²) in [6.07, 6.45) is 1.60. The van der Waals surface area contributed by atoms with Gasteiger partial charge in [0.1, 0.15) is 23.8 Å². The van der Waals surface area contributed by atoms with Crippen LogP contribution in [-0.2, 0) is 17.9 Å². The zero-order valence-electron chi connectivity index (χ0n) is 13.4. The minimum absolute atomic E-state index is 0.0263. The number of hydrogen-bond acceptors (Lipinski definition) is 7. The number of thioether (sulfide) groups is 1. The molecule has 0 aliphatic carbocycles. The standard InChI is InChI=1S/C15H17N5O3S/c1-11-5-6-13(23-11)8-19(2)14(21)10-24-15-16-17-18-20(15)9-12-4-3-7-22-12/h3-7H,8-10H2,1-2H3. The third kappa shape index (κ3) is 4.05. The highest BCUT2D eigenvalue weighted by Crippen LogP contribution is 2.16. The summed E-state index contributed by atoms with van der Waals surface area (Å²) in [5.74, 6) is 2.56. The molecule has 0 spiro atoms. The normalized spacial score (nSPS) is 10.9. The van der Waals surface area contributed by atoms with Gasteiger partial charge in [-0.05, 0) is 41.6 Å². The predicted molar refractivity (Wildman–Crippen MR) is 86.3 cm³/mol. The molecule has 0 aliphatic rings. The number of aromatic nitrogens is 4. The minimum atomic E-state index is -0.0263. The zero-order chi connectivity index (χ0) is 16.9. The first-order chi connectivity index (χ1) is 11.6. The summed E-state index contributed by atoms with van der Waals surface area (Å²) < 4.78 is 12.4. The van der Waals surface area contributed by atoms with Crippen molar-refractivity contribution < 1.29 is 13.6 Å². The number of carbonyl (C=O) groups is 1. The van der Waals surface area contributed by atoms with Crippen LogP contribution in [0.2, 0.25) is 0 Å². The Hall–Kier alpha value is -2.55. The summed E-state index contributed by atoms with van der Waals surface area (Å²) in [4.78, 5) is 13.9. The molecule has 0 atom stereocenters. The molecule has 24 heavy (non-hydrogen) atoms. The van der Waals surface area contributed by atoms with Crippen LogP contribution in [0.4, 0.5) is 0 Å². The molecule has 3 rings (SSSR count). The molecule has 0 saturated carbocycles. The van der Waals surface area contributed by atoms with Crippen LogP contribution in [0.1, 0.15) is 17.3 Å². The van der Waals surface area contributed by atoms with Crippen molar-refractivity contribution in [3.63, 3.8) is 0 Å². The molecule has 8 nitrogen and oxygen atoms in total. The molecule has 0 saturated heterocycles. The van der Waals surface area contributed by atoms with Crippen molar-refractivity contribution in [1.29, 1.82) is 0 Å². The molecular weight excluding hydrogens is 330 g/mol. The van der Waals surface area contributed by atoms with E-state index in [2.05, 4.69) is 15.5 Å². The lowest BCUT2D eigenvalue weighted by atomic mass is 10.4. The summed E-state index contributed by atoms with van der Waals surface area (Å²) in [6, 6.07) is 7.41. The Bertz CT molecular complexity index is 796. The zero-order valence-corrected chi connectivity index (χ0v) is 14.2. The van der Waals surface area contributed by atoms with Crippen molar-refractivity contribution in [1.82, 2.24) is 25.1 Å². The number of carbonyl (C=O) groups excluding carboxylic acids is 1. The van der Waals surface area contributed by atoms with Crippen LogP contribution in [0.15, 0.2) is 44.5 Å². The molecule has 0 radical (unpaired) electrons. The molecule has 0 fully saturated rings. The SMILES string of the molecule is Cc1ccc(CN(C)C(=O)CSc2nnnn2Cc2ccco2)o1. The third-order valence-corrected chi connectivity index (χ3v) is 4.27. The molecule has 126 valence electrons. The van der Waals surface area contributed by atoms with E-state index in [1.54, 1.807) is 29.0 Å². The third-order valence-electron chi connectivity index (χ3n) is 3.32. The summed E-state index contributed by atoms with van der Waals surface area (Å²) >= 11 is 1.29. The van der Waals surface area contributed by atoms with Crippen molar-refractivity contribution in [3.05, 3.63) is 47.8 Å². The van der Waals surface area contributed by atoms with E-state index in [4.69, 9.17) is 8.83 Å². The number of rotatable bonds is 7. The van der Waals surface area contributed by atoms with E-state index in [0.29, 0.717) is 18.2 Å². The van der Waals surface area contributed by atoms with Gasteiger partial charge in [-0.2, -0.15) is 0 Å². The van der Waals surface area contributed by atoms with Crippen LogP contribution >= 0.6 is 11.8 Å². The molecular formula is C15H17N5O3S. The molecule has 9 heteroatoms. The first kappa shape index (κ1) is 16.3. The van der Waals surface area contributed by atoms with Crippen LogP contribution in [0.3, 0.4) is 0 Å². The van der Waals surface area contributed by atoms with Crippen LogP contribution < -0.4 is 0 Å². The average molecular weight is 347 g/mol. The number of nitrogens with zero attached hydrogens (tertiary/aromatic N) is 5. The molecule has 3 heterocycles. The molecule has 3 aromatic rings.